The van der Waals surface area contributed by atoms with E-state index in [1.807, 2.05) is 66.7 Å². The lowest BCUT2D eigenvalue weighted by atomic mass is 10.1. The molecule has 2 atom stereocenters. The fraction of sp³-hybridized carbons (Fsp3) is 0.364. The van der Waals surface area contributed by atoms with Gasteiger partial charge in [0.2, 0.25) is 0 Å². The van der Waals surface area contributed by atoms with Gasteiger partial charge in [-0.1, -0.05) is 30.3 Å². The zero-order valence-electron chi connectivity index (χ0n) is 26.0. The number of nitrogens with zero attached hydrogens (tertiary/aromatic N) is 7. The highest BCUT2D eigenvalue weighted by Crippen LogP contribution is 2.36. The maximum atomic E-state index is 15.6. The first-order chi connectivity index (χ1) is 21.5. The summed E-state index contributed by atoms with van der Waals surface area (Å²) in [5, 5.41) is 5.26. The maximum absolute atomic E-state index is 15.6. The number of fused-ring (bicyclic) bond motifs is 2. The lowest BCUT2D eigenvalue weighted by Gasteiger charge is -2.24. The number of alkyl halides is 1. The lowest BCUT2D eigenvalue weighted by molar-refractivity contribution is 0.0281. The average Bonchev–Trinajstić information content (AvgIpc) is 3.71. The number of hydrogen-bond acceptors (Lipinski definition) is 8. The van der Waals surface area contributed by atoms with Gasteiger partial charge in [-0.3, -0.25) is 0 Å². The van der Waals surface area contributed by atoms with Crippen molar-refractivity contribution in [2.24, 2.45) is 0 Å². The van der Waals surface area contributed by atoms with E-state index < -0.39 is 29.9 Å². The van der Waals surface area contributed by atoms with Crippen LogP contribution in [-0.4, -0.2) is 79.6 Å². The number of ether oxygens (including phenoxy) is 2. The van der Waals surface area contributed by atoms with E-state index in [9.17, 15) is 9.59 Å². The highest BCUT2D eigenvalue weighted by Gasteiger charge is 2.39. The van der Waals surface area contributed by atoms with Crippen molar-refractivity contribution in [3.8, 4) is 11.3 Å². The maximum Gasteiger partial charge on any atom is 0.410 e. The van der Waals surface area contributed by atoms with Crippen molar-refractivity contribution in [2.45, 2.75) is 52.1 Å². The number of likely N-dealkylation sites (tertiary alicyclic amines) is 1. The van der Waals surface area contributed by atoms with Crippen molar-refractivity contribution < 1.29 is 23.5 Å². The summed E-state index contributed by atoms with van der Waals surface area (Å²) in [6, 6.07) is 14.9. The second kappa shape index (κ2) is 11.8. The second-order valence-electron chi connectivity index (χ2n) is 12.1. The van der Waals surface area contributed by atoms with Gasteiger partial charge in [-0.15, -0.1) is 0 Å². The molecule has 1 amide bonds. The van der Waals surface area contributed by atoms with Crippen molar-refractivity contribution in [1.82, 2.24) is 29.0 Å². The van der Waals surface area contributed by atoms with Crippen molar-refractivity contribution in [2.75, 3.05) is 31.6 Å². The molecule has 6 rings (SSSR count). The van der Waals surface area contributed by atoms with Crippen LogP contribution in [0, 0.1) is 0 Å². The normalized spacial score (nSPS) is 16.8. The molecule has 4 aromatic heterocycles. The molecule has 0 radical (unpaired) electrons. The van der Waals surface area contributed by atoms with Crippen LogP contribution in [0.5, 0.6) is 0 Å². The Labute approximate surface area is 260 Å². The number of pyridine rings is 1. The van der Waals surface area contributed by atoms with Crippen LogP contribution < -0.4 is 4.90 Å². The second-order valence-corrected chi connectivity index (χ2v) is 12.1. The molecule has 0 saturated carbocycles. The predicted octanol–water partition coefficient (Wildman–Crippen LogP) is 5.69. The molecular weight excluding hydrogens is 577 g/mol. The van der Waals surface area contributed by atoms with E-state index in [4.69, 9.17) is 14.5 Å². The highest BCUT2D eigenvalue weighted by atomic mass is 19.1. The number of amides is 1. The lowest BCUT2D eigenvalue weighted by Crippen LogP contribution is -2.35. The number of carbonyl (C=O) groups excluding carboxylic acids is 2. The van der Waals surface area contributed by atoms with Crippen LogP contribution >= 0.6 is 0 Å². The van der Waals surface area contributed by atoms with Gasteiger partial charge in [0.25, 0.3) is 0 Å². The summed E-state index contributed by atoms with van der Waals surface area (Å²) in [5.41, 5.74) is 2.79. The number of halogens is 1. The van der Waals surface area contributed by atoms with Crippen LogP contribution in [0.2, 0.25) is 0 Å². The van der Waals surface area contributed by atoms with Crippen LogP contribution in [0.25, 0.3) is 27.9 Å². The number of rotatable bonds is 7. The Morgan fingerprint density at radius 2 is 1.87 bits per heavy atom. The van der Waals surface area contributed by atoms with Gasteiger partial charge in [-0.2, -0.15) is 9.61 Å². The van der Waals surface area contributed by atoms with E-state index in [2.05, 4.69) is 10.1 Å². The Morgan fingerprint density at radius 3 is 2.60 bits per heavy atom. The molecule has 0 spiro atoms. The van der Waals surface area contributed by atoms with Crippen LogP contribution in [0.1, 0.15) is 49.7 Å². The quantitative estimate of drug-likeness (QED) is 0.216. The van der Waals surface area contributed by atoms with Gasteiger partial charge in [0.1, 0.15) is 28.8 Å². The molecule has 1 aliphatic heterocycles. The summed E-state index contributed by atoms with van der Waals surface area (Å²) in [4.78, 5) is 38.6. The Hall–Kier alpha value is -5.00. The Balaban J connectivity index is 1.46. The third-order valence-corrected chi connectivity index (χ3v) is 7.70. The standard InChI is InChI=1S/C33H36FN7O4/c1-6-44-31(42)23-16-36-41-28(38(5)17-21-11-8-7-9-12-21)15-26(37-30(23)41)24-18-40(29-22(24)13-10-14-35-29)27-20-39(19-25(27)34)32(43)45-33(2,3)4/h7-16,18,25,27H,6,17,19-20H2,1-5H3/t25-,27?/m0/s1. The largest absolute Gasteiger partial charge is 0.462 e. The van der Waals surface area contributed by atoms with E-state index in [1.165, 1.54) is 11.1 Å². The SMILES string of the molecule is CCOC(=O)c1cnn2c(N(C)Cc3ccccc3)cc(-c3cn(C4CN(C(=O)OC(C)(C)C)C[C@@H]4F)c4ncccc34)nc12. The van der Waals surface area contributed by atoms with E-state index in [-0.39, 0.29) is 25.3 Å². The number of esters is 1. The topological polar surface area (TPSA) is 107 Å². The third kappa shape index (κ3) is 5.92. The zero-order chi connectivity index (χ0) is 31.9. The predicted molar refractivity (Wildman–Crippen MR) is 168 cm³/mol. The summed E-state index contributed by atoms with van der Waals surface area (Å²) in [7, 11) is 1.94. The number of carbonyl (C=O) groups is 2. The summed E-state index contributed by atoms with van der Waals surface area (Å²) >= 11 is 0. The molecule has 0 bridgehead atoms. The highest BCUT2D eigenvalue weighted by molar-refractivity contribution is 5.98. The van der Waals surface area contributed by atoms with Gasteiger partial charge in [0.05, 0.1) is 31.1 Å². The summed E-state index contributed by atoms with van der Waals surface area (Å²) in [6.07, 6.45) is 3.06. The first-order valence-corrected chi connectivity index (χ1v) is 14.9. The first kappa shape index (κ1) is 30.0. The molecule has 1 aliphatic rings. The molecule has 45 heavy (non-hydrogen) atoms. The molecular formula is C33H36FN7O4. The minimum Gasteiger partial charge on any atom is -0.462 e. The minimum absolute atomic E-state index is 0.0845. The van der Waals surface area contributed by atoms with Gasteiger partial charge < -0.3 is 23.8 Å². The van der Waals surface area contributed by atoms with E-state index in [0.717, 1.165) is 10.9 Å². The summed E-state index contributed by atoms with van der Waals surface area (Å²) in [6.45, 7) is 7.92. The molecule has 234 valence electrons. The molecule has 12 heteroatoms. The van der Waals surface area contributed by atoms with Crippen molar-refractivity contribution >= 4 is 34.6 Å². The van der Waals surface area contributed by atoms with Gasteiger partial charge in [-0.25, -0.2) is 23.9 Å². The smallest absolute Gasteiger partial charge is 0.410 e. The van der Waals surface area contributed by atoms with Gasteiger partial charge in [0, 0.05) is 49.5 Å². The molecule has 0 N–H and O–H groups in total. The van der Waals surface area contributed by atoms with E-state index in [0.29, 0.717) is 34.9 Å². The first-order valence-electron chi connectivity index (χ1n) is 14.9. The molecule has 11 nitrogen and oxygen atoms in total. The molecule has 1 unspecified atom stereocenters. The zero-order valence-corrected chi connectivity index (χ0v) is 26.0. The average molecular weight is 614 g/mol. The molecule has 1 fully saturated rings. The van der Waals surface area contributed by atoms with Crippen LogP contribution in [0.15, 0.2) is 67.1 Å². The van der Waals surface area contributed by atoms with Crippen LogP contribution in [0.4, 0.5) is 15.0 Å². The van der Waals surface area contributed by atoms with Gasteiger partial charge in [0.15, 0.2) is 5.65 Å². The Kier molecular flexibility index (Phi) is 7.90. The molecule has 5 heterocycles. The van der Waals surface area contributed by atoms with Crippen LogP contribution in [-0.2, 0) is 16.0 Å². The third-order valence-electron chi connectivity index (χ3n) is 7.70. The monoisotopic (exact) mass is 613 g/mol. The number of anilines is 1. The fourth-order valence-corrected chi connectivity index (χ4v) is 5.67. The fourth-order valence-electron chi connectivity index (χ4n) is 5.67. The number of hydrogen-bond donors (Lipinski definition) is 0. The Morgan fingerprint density at radius 1 is 1.09 bits per heavy atom. The molecule has 1 saturated heterocycles. The Bertz CT molecular complexity index is 1860. The molecule has 1 aromatic carbocycles. The van der Waals surface area contributed by atoms with Gasteiger partial charge in [-0.05, 0) is 45.4 Å². The van der Waals surface area contributed by atoms with Crippen molar-refractivity contribution in [1.29, 1.82) is 0 Å². The number of aromatic nitrogens is 5. The van der Waals surface area contributed by atoms with Crippen molar-refractivity contribution in [3.05, 3.63) is 78.2 Å². The van der Waals surface area contributed by atoms with E-state index >= 15 is 4.39 Å². The minimum atomic E-state index is -1.34. The van der Waals surface area contributed by atoms with Gasteiger partial charge >= 0.3 is 12.1 Å². The van der Waals surface area contributed by atoms with Crippen molar-refractivity contribution in [3.63, 3.8) is 0 Å². The van der Waals surface area contributed by atoms with E-state index in [1.54, 1.807) is 43.0 Å². The summed E-state index contributed by atoms with van der Waals surface area (Å²) in [5.74, 6) is 0.172. The molecule has 0 aliphatic carbocycles. The van der Waals surface area contributed by atoms with Crippen LogP contribution in [0.3, 0.4) is 0 Å². The summed E-state index contributed by atoms with van der Waals surface area (Å²) < 4.78 is 29.9. The number of benzene rings is 1. The molecule has 5 aromatic rings.